The number of nitro groups is 1. The summed E-state index contributed by atoms with van der Waals surface area (Å²) in [6.07, 6.45) is 3.74. The molecular weight excluding hydrogens is 310 g/mol. The Morgan fingerprint density at radius 1 is 1.08 bits per heavy atom. The monoisotopic (exact) mass is 328 g/mol. The summed E-state index contributed by atoms with van der Waals surface area (Å²) < 4.78 is 0. The van der Waals surface area contributed by atoms with Crippen molar-refractivity contribution in [1.29, 1.82) is 0 Å². The zero-order valence-corrected chi connectivity index (χ0v) is 13.0. The number of aromatic nitrogens is 1. The second kappa shape index (κ2) is 6.53. The first kappa shape index (κ1) is 15.7. The molecule has 124 valence electrons. The topological polar surface area (TPSA) is 107 Å². The Bertz CT molecular complexity index is 758. The molecule has 3 rings (SSSR count). The number of rotatable bonds is 4. The van der Waals surface area contributed by atoms with E-state index in [1.165, 1.54) is 12.1 Å². The van der Waals surface area contributed by atoms with Crippen LogP contribution in [0.3, 0.4) is 0 Å². The molecule has 24 heavy (non-hydrogen) atoms. The van der Waals surface area contributed by atoms with Crippen molar-refractivity contribution in [3.8, 4) is 0 Å². The van der Waals surface area contributed by atoms with Gasteiger partial charge in [-0.2, -0.15) is 0 Å². The number of H-pyrrole nitrogens is 1. The predicted octanol–water partition coefficient (Wildman–Crippen LogP) is 0.834. The van der Waals surface area contributed by atoms with Gasteiger partial charge in [-0.25, -0.2) is 4.98 Å². The van der Waals surface area contributed by atoms with Crippen LogP contribution in [0, 0.1) is 10.1 Å². The molecule has 0 radical (unpaired) electrons. The van der Waals surface area contributed by atoms with Crippen molar-refractivity contribution < 1.29 is 14.7 Å². The number of nitrogens with two attached hydrogens (primary N) is 1. The van der Waals surface area contributed by atoms with E-state index < -0.39 is 10.8 Å². The van der Waals surface area contributed by atoms with E-state index in [9.17, 15) is 14.9 Å². The third-order valence-corrected chi connectivity index (χ3v) is 4.14. The number of carbonyl (C=O) groups excluding carboxylic acids is 1. The molecule has 2 heterocycles. The molecule has 1 aromatic heterocycles. The van der Waals surface area contributed by atoms with Crippen molar-refractivity contribution in [3.05, 3.63) is 58.4 Å². The molecule has 1 aromatic carbocycles. The molecule has 0 aliphatic carbocycles. The lowest BCUT2D eigenvalue weighted by atomic mass is 10.1. The third-order valence-electron chi connectivity index (χ3n) is 4.14. The molecule has 0 bridgehead atoms. The van der Waals surface area contributed by atoms with Crippen LogP contribution in [0.1, 0.15) is 10.4 Å². The molecule has 3 N–H and O–H groups in total. The molecule has 0 spiro atoms. The standard InChI is InChI=1S/C16H17N5O3/c17-16(22)12-1-2-14(15(11-12)21(23)24)20-9-7-19(8-10-20)13-3-5-18-6-4-13/h1-6,11H,7-10H2,(H2,17,22)/p+1. The zero-order chi connectivity index (χ0) is 17.1. The molecule has 8 heteroatoms. The van der Waals surface area contributed by atoms with Crippen molar-refractivity contribution in [2.24, 2.45) is 5.73 Å². The number of pyridine rings is 1. The fourth-order valence-electron chi connectivity index (χ4n) is 2.88. The third kappa shape index (κ3) is 3.12. The Labute approximate surface area is 138 Å². The predicted molar refractivity (Wildman–Crippen MR) is 89.0 cm³/mol. The summed E-state index contributed by atoms with van der Waals surface area (Å²) in [4.78, 5) is 29.3. The van der Waals surface area contributed by atoms with Gasteiger partial charge in [-0.15, -0.1) is 0 Å². The number of hydrogen-bond acceptors (Lipinski definition) is 5. The molecule has 1 aliphatic heterocycles. The number of aromatic amines is 1. The molecule has 8 nitrogen and oxygen atoms in total. The van der Waals surface area contributed by atoms with Gasteiger partial charge in [0.15, 0.2) is 12.4 Å². The van der Waals surface area contributed by atoms with Crippen LogP contribution in [-0.2, 0) is 0 Å². The average molecular weight is 328 g/mol. The number of anilines is 2. The Balaban J connectivity index is 1.79. The Morgan fingerprint density at radius 3 is 2.29 bits per heavy atom. The lowest BCUT2D eigenvalue weighted by Crippen LogP contribution is -2.46. The van der Waals surface area contributed by atoms with E-state index in [1.54, 1.807) is 6.07 Å². The van der Waals surface area contributed by atoms with Crippen LogP contribution in [0.2, 0.25) is 0 Å². The first-order valence-corrected chi connectivity index (χ1v) is 7.60. The molecule has 1 fully saturated rings. The minimum atomic E-state index is -0.671. The SMILES string of the molecule is NC(=O)c1ccc(N2CCN(c3cc[nH+]cc3)CC2)c([N+](=O)[O-])c1. The maximum atomic E-state index is 11.3. The number of nitrogens with zero attached hydrogens (tertiary/aromatic N) is 3. The number of benzene rings is 1. The van der Waals surface area contributed by atoms with Crippen LogP contribution in [0.4, 0.5) is 17.1 Å². The van der Waals surface area contributed by atoms with Crippen LogP contribution >= 0.6 is 0 Å². The molecule has 2 aromatic rings. The highest BCUT2D eigenvalue weighted by atomic mass is 16.6. The quantitative estimate of drug-likeness (QED) is 0.661. The van der Waals surface area contributed by atoms with Crippen molar-refractivity contribution >= 4 is 23.0 Å². The second-order valence-electron chi connectivity index (χ2n) is 5.56. The summed E-state index contributed by atoms with van der Waals surface area (Å²) >= 11 is 0. The molecule has 1 aliphatic rings. The Morgan fingerprint density at radius 2 is 1.71 bits per heavy atom. The number of carbonyl (C=O) groups is 1. The van der Waals surface area contributed by atoms with Gasteiger partial charge in [-0.1, -0.05) is 0 Å². The summed E-state index contributed by atoms with van der Waals surface area (Å²) in [5.41, 5.74) is 6.90. The largest absolute Gasteiger partial charge is 0.368 e. The molecule has 1 saturated heterocycles. The van der Waals surface area contributed by atoms with Crippen molar-refractivity contribution in [2.75, 3.05) is 36.0 Å². The van der Waals surface area contributed by atoms with Gasteiger partial charge in [0.05, 0.1) is 4.92 Å². The van der Waals surface area contributed by atoms with Crippen LogP contribution in [0.25, 0.3) is 0 Å². The van der Waals surface area contributed by atoms with Crippen molar-refractivity contribution in [1.82, 2.24) is 0 Å². The number of hydrogen-bond donors (Lipinski definition) is 1. The van der Waals surface area contributed by atoms with Gasteiger partial charge in [-0.3, -0.25) is 14.9 Å². The van der Waals surface area contributed by atoms with E-state index in [0.717, 1.165) is 18.8 Å². The summed E-state index contributed by atoms with van der Waals surface area (Å²) in [6, 6.07) is 8.38. The van der Waals surface area contributed by atoms with E-state index in [0.29, 0.717) is 18.8 Å². The summed E-state index contributed by atoms with van der Waals surface area (Å²) in [7, 11) is 0. The van der Waals surface area contributed by atoms with Crippen LogP contribution < -0.4 is 20.5 Å². The van der Waals surface area contributed by atoms with E-state index in [1.807, 2.05) is 29.4 Å². The summed E-state index contributed by atoms with van der Waals surface area (Å²) in [5, 5.41) is 11.3. The summed E-state index contributed by atoms with van der Waals surface area (Å²) in [6.45, 7) is 2.85. The Hall–Kier alpha value is -3.16. The Kier molecular flexibility index (Phi) is 4.28. The highest BCUT2D eigenvalue weighted by Crippen LogP contribution is 2.30. The fourth-order valence-corrected chi connectivity index (χ4v) is 2.88. The van der Waals surface area contributed by atoms with Gasteiger partial charge < -0.3 is 15.5 Å². The maximum absolute atomic E-state index is 11.3. The normalized spacial score (nSPS) is 14.5. The highest BCUT2D eigenvalue weighted by Gasteiger charge is 2.25. The lowest BCUT2D eigenvalue weighted by molar-refractivity contribution is -0.384. The van der Waals surface area contributed by atoms with Gasteiger partial charge in [-0.05, 0) is 12.1 Å². The van der Waals surface area contributed by atoms with Gasteiger partial charge in [0, 0.05) is 55.6 Å². The van der Waals surface area contributed by atoms with E-state index in [-0.39, 0.29) is 11.3 Å². The van der Waals surface area contributed by atoms with Crippen LogP contribution in [-0.4, -0.2) is 37.0 Å². The zero-order valence-electron chi connectivity index (χ0n) is 13.0. The van der Waals surface area contributed by atoms with E-state index >= 15 is 0 Å². The van der Waals surface area contributed by atoms with Crippen LogP contribution in [0.15, 0.2) is 42.7 Å². The smallest absolute Gasteiger partial charge is 0.293 e. The number of primary amides is 1. The van der Waals surface area contributed by atoms with Gasteiger partial charge in [0.25, 0.3) is 5.69 Å². The number of nitrogens with one attached hydrogen (secondary N) is 1. The molecule has 0 atom stereocenters. The number of piperazine rings is 1. The van der Waals surface area contributed by atoms with Gasteiger partial charge in [0.2, 0.25) is 5.91 Å². The fraction of sp³-hybridized carbons (Fsp3) is 0.250. The van der Waals surface area contributed by atoms with Crippen molar-refractivity contribution in [3.63, 3.8) is 0 Å². The van der Waals surface area contributed by atoms with Gasteiger partial charge in [0.1, 0.15) is 5.69 Å². The molecular formula is C16H18N5O3+. The number of nitro benzene ring substituents is 1. The van der Waals surface area contributed by atoms with Crippen LogP contribution in [0.5, 0.6) is 0 Å². The number of amides is 1. The molecule has 0 saturated carbocycles. The minimum absolute atomic E-state index is 0.0888. The van der Waals surface area contributed by atoms with Gasteiger partial charge >= 0.3 is 0 Å². The second-order valence-corrected chi connectivity index (χ2v) is 5.56. The molecule has 1 amide bonds. The van der Waals surface area contributed by atoms with E-state index in [4.69, 9.17) is 5.73 Å². The summed E-state index contributed by atoms with van der Waals surface area (Å²) in [5.74, 6) is -0.671. The lowest BCUT2D eigenvalue weighted by Gasteiger charge is -2.36. The first-order valence-electron chi connectivity index (χ1n) is 7.60. The maximum Gasteiger partial charge on any atom is 0.293 e. The molecule has 0 unspecified atom stereocenters. The van der Waals surface area contributed by atoms with Crippen molar-refractivity contribution in [2.45, 2.75) is 0 Å². The van der Waals surface area contributed by atoms with E-state index in [2.05, 4.69) is 9.88 Å². The highest BCUT2D eigenvalue weighted by molar-refractivity contribution is 5.94. The minimum Gasteiger partial charge on any atom is -0.368 e. The average Bonchev–Trinajstić information content (AvgIpc) is 2.62. The first-order chi connectivity index (χ1) is 11.6.